The van der Waals surface area contributed by atoms with Crippen molar-refractivity contribution in [3.05, 3.63) is 18.2 Å². The van der Waals surface area contributed by atoms with Crippen molar-refractivity contribution in [1.82, 2.24) is 4.31 Å². The van der Waals surface area contributed by atoms with Crippen LogP contribution in [0, 0.1) is 0 Å². The quantitative estimate of drug-likeness (QED) is 0.524. The van der Waals surface area contributed by atoms with E-state index in [2.05, 4.69) is 0 Å². The molecule has 2 rings (SSSR count). The van der Waals surface area contributed by atoms with E-state index in [1.807, 2.05) is 0 Å². The number of nitrogens with two attached hydrogens (primary N) is 1. The summed E-state index contributed by atoms with van der Waals surface area (Å²) in [7, 11) is -3.59. The topological polar surface area (TPSA) is 104 Å². The number of aliphatic hydroxyl groups is 1. The second-order valence-electron chi connectivity index (χ2n) is 4.36. The SMILES string of the molecule is Nc1cc(S(=O)(=O)N2CCC(O)CC2)ccc1O. The van der Waals surface area contributed by atoms with Crippen LogP contribution in [0.4, 0.5) is 5.69 Å². The summed E-state index contributed by atoms with van der Waals surface area (Å²) in [5, 5.41) is 18.7. The fourth-order valence-corrected chi connectivity index (χ4v) is 3.43. The number of anilines is 1. The van der Waals surface area contributed by atoms with E-state index < -0.39 is 16.1 Å². The van der Waals surface area contributed by atoms with E-state index in [4.69, 9.17) is 5.73 Å². The number of sulfonamides is 1. The summed E-state index contributed by atoms with van der Waals surface area (Å²) in [5.74, 6) is -0.136. The highest BCUT2D eigenvalue weighted by atomic mass is 32.2. The van der Waals surface area contributed by atoms with Gasteiger partial charge in [0, 0.05) is 13.1 Å². The van der Waals surface area contributed by atoms with E-state index in [0.29, 0.717) is 25.9 Å². The van der Waals surface area contributed by atoms with Gasteiger partial charge in [-0.2, -0.15) is 4.31 Å². The molecule has 0 aromatic heterocycles. The number of phenolic OH excluding ortho intramolecular Hbond substituents is 1. The monoisotopic (exact) mass is 272 g/mol. The van der Waals surface area contributed by atoms with Gasteiger partial charge < -0.3 is 15.9 Å². The highest BCUT2D eigenvalue weighted by Crippen LogP contribution is 2.26. The molecule has 0 bridgehead atoms. The second-order valence-corrected chi connectivity index (χ2v) is 6.29. The molecule has 1 aliphatic heterocycles. The maximum absolute atomic E-state index is 12.3. The van der Waals surface area contributed by atoms with E-state index in [0.717, 1.165) is 0 Å². The molecule has 0 spiro atoms. The number of piperidine rings is 1. The van der Waals surface area contributed by atoms with Crippen LogP contribution in [-0.2, 0) is 10.0 Å². The molecular weight excluding hydrogens is 256 g/mol. The van der Waals surface area contributed by atoms with Gasteiger partial charge in [-0.1, -0.05) is 0 Å². The van der Waals surface area contributed by atoms with Crippen LogP contribution in [0.25, 0.3) is 0 Å². The smallest absolute Gasteiger partial charge is 0.243 e. The first-order valence-corrected chi connectivity index (χ1v) is 7.12. The lowest BCUT2D eigenvalue weighted by Crippen LogP contribution is -2.39. The van der Waals surface area contributed by atoms with E-state index in [9.17, 15) is 18.6 Å². The van der Waals surface area contributed by atoms with Crippen molar-refractivity contribution in [2.75, 3.05) is 18.8 Å². The minimum Gasteiger partial charge on any atom is -0.506 e. The Balaban J connectivity index is 2.27. The van der Waals surface area contributed by atoms with Crippen LogP contribution in [-0.4, -0.2) is 42.1 Å². The summed E-state index contributed by atoms with van der Waals surface area (Å²) in [6, 6.07) is 3.84. The fraction of sp³-hybridized carbons (Fsp3) is 0.455. The summed E-state index contributed by atoms with van der Waals surface area (Å²) in [4.78, 5) is 0.0641. The second kappa shape index (κ2) is 4.75. The maximum atomic E-state index is 12.3. The molecule has 1 saturated heterocycles. The van der Waals surface area contributed by atoms with Gasteiger partial charge in [-0.15, -0.1) is 0 Å². The Morgan fingerprint density at radius 3 is 2.44 bits per heavy atom. The van der Waals surface area contributed by atoms with E-state index >= 15 is 0 Å². The number of phenols is 1. The Morgan fingerprint density at radius 2 is 1.89 bits per heavy atom. The molecule has 1 aliphatic rings. The van der Waals surface area contributed by atoms with Gasteiger partial charge >= 0.3 is 0 Å². The Kier molecular flexibility index (Phi) is 3.47. The van der Waals surface area contributed by atoms with Gasteiger partial charge in [0.25, 0.3) is 0 Å². The zero-order valence-corrected chi connectivity index (χ0v) is 10.6. The molecule has 1 heterocycles. The molecule has 0 unspecified atom stereocenters. The summed E-state index contributed by atoms with van der Waals surface area (Å²) < 4.78 is 25.9. The molecule has 100 valence electrons. The van der Waals surface area contributed by atoms with Crippen LogP contribution in [0.5, 0.6) is 5.75 Å². The normalized spacial score (nSPS) is 18.9. The molecule has 1 aromatic carbocycles. The minimum absolute atomic E-state index is 0.0353. The van der Waals surface area contributed by atoms with Gasteiger partial charge in [0.05, 0.1) is 16.7 Å². The van der Waals surface area contributed by atoms with Gasteiger partial charge in [-0.3, -0.25) is 0 Å². The molecule has 0 radical (unpaired) electrons. The molecule has 1 aromatic rings. The average Bonchev–Trinajstić information content (AvgIpc) is 2.33. The lowest BCUT2D eigenvalue weighted by Gasteiger charge is -2.28. The lowest BCUT2D eigenvalue weighted by molar-refractivity contribution is 0.113. The van der Waals surface area contributed by atoms with Crippen molar-refractivity contribution >= 4 is 15.7 Å². The van der Waals surface area contributed by atoms with Crippen LogP contribution in [0.1, 0.15) is 12.8 Å². The first-order valence-electron chi connectivity index (χ1n) is 5.68. The Labute approximate surface area is 106 Å². The molecule has 6 nitrogen and oxygen atoms in total. The highest BCUT2D eigenvalue weighted by molar-refractivity contribution is 7.89. The van der Waals surface area contributed by atoms with E-state index in [1.165, 1.54) is 22.5 Å². The number of hydrogen-bond donors (Lipinski definition) is 3. The van der Waals surface area contributed by atoms with E-state index in [-0.39, 0.29) is 16.3 Å². The number of hydrogen-bond acceptors (Lipinski definition) is 5. The van der Waals surface area contributed by atoms with Crippen LogP contribution >= 0.6 is 0 Å². The fourth-order valence-electron chi connectivity index (χ4n) is 1.92. The summed E-state index contributed by atoms with van der Waals surface area (Å²) in [6.07, 6.45) is 0.445. The molecule has 0 atom stereocenters. The van der Waals surface area contributed by atoms with Crippen molar-refractivity contribution < 1.29 is 18.6 Å². The van der Waals surface area contributed by atoms with Crippen molar-refractivity contribution in [1.29, 1.82) is 0 Å². The largest absolute Gasteiger partial charge is 0.506 e. The predicted molar refractivity (Wildman–Crippen MR) is 66.5 cm³/mol. The summed E-state index contributed by atoms with van der Waals surface area (Å²) in [5.41, 5.74) is 5.53. The number of benzene rings is 1. The van der Waals surface area contributed by atoms with Gasteiger partial charge in [0.1, 0.15) is 5.75 Å². The molecule has 7 heteroatoms. The minimum atomic E-state index is -3.59. The number of nitrogens with zero attached hydrogens (tertiary/aromatic N) is 1. The number of nitrogen functional groups attached to an aromatic ring is 1. The van der Waals surface area contributed by atoms with Crippen LogP contribution < -0.4 is 5.73 Å². The van der Waals surface area contributed by atoms with Crippen molar-refractivity contribution in [3.8, 4) is 5.75 Å². The Morgan fingerprint density at radius 1 is 1.28 bits per heavy atom. The summed E-state index contributed by atoms with van der Waals surface area (Å²) >= 11 is 0. The third-order valence-electron chi connectivity index (χ3n) is 3.06. The molecule has 0 amide bonds. The first kappa shape index (κ1) is 13.1. The van der Waals surface area contributed by atoms with E-state index in [1.54, 1.807) is 0 Å². The Bertz CT molecular complexity index is 536. The van der Waals surface area contributed by atoms with Crippen molar-refractivity contribution in [2.24, 2.45) is 0 Å². The molecule has 18 heavy (non-hydrogen) atoms. The molecule has 4 N–H and O–H groups in total. The zero-order valence-electron chi connectivity index (χ0n) is 9.78. The van der Waals surface area contributed by atoms with Gasteiger partial charge in [-0.25, -0.2) is 8.42 Å². The zero-order chi connectivity index (χ0) is 13.3. The molecule has 0 aliphatic carbocycles. The van der Waals surface area contributed by atoms with Crippen LogP contribution in [0.2, 0.25) is 0 Å². The molecule has 0 saturated carbocycles. The van der Waals surface area contributed by atoms with Gasteiger partial charge in [0.15, 0.2) is 0 Å². The summed E-state index contributed by atoms with van der Waals surface area (Å²) in [6.45, 7) is 0.592. The average molecular weight is 272 g/mol. The van der Waals surface area contributed by atoms with Gasteiger partial charge in [0.2, 0.25) is 10.0 Å². The molecular formula is C11H16N2O4S. The predicted octanol–water partition coefficient (Wildman–Crippen LogP) is 0.120. The maximum Gasteiger partial charge on any atom is 0.243 e. The van der Waals surface area contributed by atoms with Gasteiger partial charge in [-0.05, 0) is 31.0 Å². The molecule has 1 fully saturated rings. The lowest BCUT2D eigenvalue weighted by atomic mass is 10.1. The number of aliphatic hydroxyl groups excluding tert-OH is 1. The van der Waals surface area contributed by atoms with Crippen molar-refractivity contribution in [3.63, 3.8) is 0 Å². The third kappa shape index (κ3) is 2.43. The van der Waals surface area contributed by atoms with Crippen LogP contribution in [0.3, 0.4) is 0 Å². The Hall–Kier alpha value is -1.31. The highest BCUT2D eigenvalue weighted by Gasteiger charge is 2.28. The standard InChI is InChI=1S/C11H16N2O4S/c12-10-7-9(1-2-11(10)15)18(16,17)13-5-3-8(14)4-6-13/h1-2,7-8,14-15H,3-6,12H2. The third-order valence-corrected chi connectivity index (χ3v) is 4.95. The number of aromatic hydroxyl groups is 1. The van der Waals surface area contributed by atoms with Crippen LogP contribution in [0.15, 0.2) is 23.1 Å². The first-order chi connectivity index (χ1) is 8.41. The van der Waals surface area contributed by atoms with Crippen molar-refractivity contribution in [2.45, 2.75) is 23.8 Å². The number of rotatable bonds is 2.